The first-order chi connectivity index (χ1) is 11.2. The summed E-state index contributed by atoms with van der Waals surface area (Å²) in [7, 11) is 2.13. The monoisotopic (exact) mass is 333 g/mol. The van der Waals surface area contributed by atoms with E-state index in [9.17, 15) is 0 Å². The minimum Gasteiger partial charge on any atom is -0.368 e. The van der Waals surface area contributed by atoms with Crippen LogP contribution < -0.4 is 5.32 Å². The number of thiazole rings is 1. The number of rotatable bonds is 1. The molecule has 0 saturated carbocycles. The van der Waals surface area contributed by atoms with Crippen LogP contribution in [0.2, 0.25) is 0 Å². The minimum absolute atomic E-state index is 0.149. The van der Waals surface area contributed by atoms with E-state index >= 15 is 0 Å². The van der Waals surface area contributed by atoms with Crippen LogP contribution in [0.3, 0.4) is 0 Å². The number of hydrogen-bond acceptors (Lipinski definition) is 5. The molecule has 126 valence electrons. The van der Waals surface area contributed by atoms with Gasteiger partial charge in [0, 0.05) is 13.1 Å². The maximum atomic E-state index is 5.77. The third-order valence-corrected chi connectivity index (χ3v) is 5.53. The Kier molecular flexibility index (Phi) is 6.00. The lowest BCUT2D eigenvalue weighted by Gasteiger charge is -2.28. The fraction of sp³-hybridized carbons (Fsp3) is 0.611. The molecule has 4 nitrogen and oxygen atoms in total. The molecule has 0 amide bonds. The molecule has 2 unspecified atom stereocenters. The molecule has 0 aliphatic carbocycles. The number of nitrogens with one attached hydrogen (secondary N) is 1. The van der Waals surface area contributed by atoms with E-state index in [4.69, 9.17) is 4.74 Å². The van der Waals surface area contributed by atoms with Crippen molar-refractivity contribution in [1.29, 1.82) is 0 Å². The Morgan fingerprint density at radius 3 is 2.87 bits per heavy atom. The van der Waals surface area contributed by atoms with Gasteiger partial charge in [0.05, 0.1) is 16.8 Å². The molecule has 1 aromatic carbocycles. The van der Waals surface area contributed by atoms with Crippen molar-refractivity contribution in [2.24, 2.45) is 5.92 Å². The van der Waals surface area contributed by atoms with Crippen molar-refractivity contribution in [2.45, 2.75) is 25.9 Å². The second kappa shape index (κ2) is 8.20. The fourth-order valence-corrected chi connectivity index (χ4v) is 3.99. The Morgan fingerprint density at radius 2 is 2.22 bits per heavy atom. The highest BCUT2D eigenvalue weighted by molar-refractivity contribution is 7.18. The van der Waals surface area contributed by atoms with Crippen LogP contribution in [-0.4, -0.2) is 49.7 Å². The Morgan fingerprint density at radius 1 is 1.35 bits per heavy atom. The maximum absolute atomic E-state index is 5.77. The predicted octanol–water partition coefficient (Wildman–Crippen LogP) is 3.31. The molecule has 0 spiro atoms. The highest BCUT2D eigenvalue weighted by atomic mass is 32.1. The fourth-order valence-electron chi connectivity index (χ4n) is 2.98. The van der Waals surface area contributed by atoms with Crippen LogP contribution in [0.5, 0.6) is 0 Å². The van der Waals surface area contributed by atoms with E-state index in [0.717, 1.165) is 36.1 Å². The number of hydrogen-bond donors (Lipinski definition) is 1. The Balaban J connectivity index is 0.000000188. The summed E-state index contributed by atoms with van der Waals surface area (Å²) < 4.78 is 7.01. The summed E-state index contributed by atoms with van der Waals surface area (Å²) in [5.74, 6) is 0.925. The number of nitrogens with zero attached hydrogens (tertiary/aromatic N) is 2. The summed E-state index contributed by atoms with van der Waals surface area (Å²) >= 11 is 1.74. The number of fused-ring (bicyclic) bond motifs is 1. The van der Waals surface area contributed by atoms with Crippen molar-refractivity contribution < 1.29 is 4.74 Å². The van der Waals surface area contributed by atoms with E-state index in [1.54, 1.807) is 11.3 Å². The SMILES string of the molecule is CC1CCCNC1.CN1CCOC(c2nc3ccccc3s2)C1. The first-order valence-electron chi connectivity index (χ1n) is 8.58. The topological polar surface area (TPSA) is 37.4 Å². The van der Waals surface area contributed by atoms with Crippen LogP contribution >= 0.6 is 11.3 Å². The number of aromatic nitrogens is 1. The van der Waals surface area contributed by atoms with Gasteiger partial charge in [0.25, 0.3) is 0 Å². The van der Waals surface area contributed by atoms with Gasteiger partial charge in [-0.3, -0.25) is 0 Å². The molecule has 2 aliphatic rings. The summed E-state index contributed by atoms with van der Waals surface area (Å²) in [5.41, 5.74) is 1.08. The molecular weight excluding hydrogens is 306 g/mol. The molecule has 5 heteroatoms. The largest absolute Gasteiger partial charge is 0.368 e. The third-order valence-electron chi connectivity index (χ3n) is 4.40. The number of ether oxygens (including phenoxy) is 1. The quantitative estimate of drug-likeness (QED) is 0.869. The molecule has 2 saturated heterocycles. The van der Waals surface area contributed by atoms with Crippen molar-refractivity contribution >= 4 is 21.6 Å². The summed E-state index contributed by atoms with van der Waals surface area (Å²) in [6, 6.07) is 8.25. The number of para-hydroxylation sites is 1. The summed E-state index contributed by atoms with van der Waals surface area (Å²) in [5, 5.41) is 4.44. The normalized spacial score (nSPS) is 25.8. The summed E-state index contributed by atoms with van der Waals surface area (Å²) in [4.78, 5) is 6.93. The molecule has 1 aromatic heterocycles. The van der Waals surface area contributed by atoms with Crippen molar-refractivity contribution in [3.63, 3.8) is 0 Å². The van der Waals surface area contributed by atoms with E-state index < -0.39 is 0 Å². The van der Waals surface area contributed by atoms with E-state index in [-0.39, 0.29) is 6.10 Å². The number of benzene rings is 1. The molecule has 2 fully saturated rings. The van der Waals surface area contributed by atoms with Gasteiger partial charge in [0.2, 0.25) is 0 Å². The van der Waals surface area contributed by atoms with Crippen LogP contribution in [0.15, 0.2) is 24.3 Å². The van der Waals surface area contributed by atoms with Gasteiger partial charge in [-0.1, -0.05) is 19.1 Å². The van der Waals surface area contributed by atoms with Gasteiger partial charge in [-0.25, -0.2) is 4.98 Å². The van der Waals surface area contributed by atoms with Gasteiger partial charge in [0.15, 0.2) is 0 Å². The highest BCUT2D eigenvalue weighted by Crippen LogP contribution is 2.29. The number of morpholine rings is 1. The zero-order chi connectivity index (χ0) is 16.1. The standard InChI is InChI=1S/C12H14N2OS.C6H13N/c1-14-6-7-15-10(8-14)12-13-9-4-2-3-5-11(9)16-12;1-6-3-2-4-7-5-6/h2-5,10H,6-8H2,1H3;6-7H,2-5H2,1H3. The molecule has 0 bridgehead atoms. The lowest BCUT2D eigenvalue weighted by molar-refractivity contribution is -0.0208. The first kappa shape index (κ1) is 16.8. The molecule has 0 radical (unpaired) electrons. The second-order valence-electron chi connectivity index (χ2n) is 6.59. The molecule has 4 rings (SSSR count). The molecule has 2 aliphatic heterocycles. The van der Waals surface area contributed by atoms with Crippen LogP contribution in [0.1, 0.15) is 30.9 Å². The van der Waals surface area contributed by atoms with Crippen LogP contribution in [0.25, 0.3) is 10.2 Å². The third kappa shape index (κ3) is 4.73. The summed E-state index contributed by atoms with van der Waals surface area (Å²) in [6.07, 6.45) is 2.95. The smallest absolute Gasteiger partial charge is 0.124 e. The minimum atomic E-state index is 0.149. The van der Waals surface area contributed by atoms with Crippen molar-refractivity contribution in [1.82, 2.24) is 15.2 Å². The molecule has 1 N–H and O–H groups in total. The Bertz CT molecular complexity index is 576. The molecular formula is C18H27N3OS. The predicted molar refractivity (Wildman–Crippen MR) is 97.1 cm³/mol. The van der Waals surface area contributed by atoms with Crippen LogP contribution in [0.4, 0.5) is 0 Å². The summed E-state index contributed by atoms with van der Waals surface area (Å²) in [6.45, 7) is 7.54. The van der Waals surface area contributed by atoms with Gasteiger partial charge < -0.3 is 15.0 Å². The van der Waals surface area contributed by atoms with Crippen molar-refractivity contribution in [3.8, 4) is 0 Å². The Labute approximate surface area is 142 Å². The van der Waals surface area contributed by atoms with Crippen molar-refractivity contribution in [2.75, 3.05) is 39.8 Å². The lowest BCUT2D eigenvalue weighted by atomic mass is 10.0. The molecule has 2 aromatic rings. The maximum Gasteiger partial charge on any atom is 0.124 e. The van der Waals surface area contributed by atoms with E-state index in [1.807, 2.05) is 6.07 Å². The van der Waals surface area contributed by atoms with E-state index in [1.165, 1.54) is 30.6 Å². The molecule has 3 heterocycles. The second-order valence-corrected chi connectivity index (χ2v) is 7.66. The van der Waals surface area contributed by atoms with Gasteiger partial charge in [-0.05, 0) is 51.0 Å². The van der Waals surface area contributed by atoms with Crippen LogP contribution in [-0.2, 0) is 4.74 Å². The Hall–Kier alpha value is -1.01. The molecule has 2 atom stereocenters. The number of likely N-dealkylation sites (N-methyl/N-ethyl adjacent to an activating group) is 1. The van der Waals surface area contributed by atoms with Gasteiger partial charge in [0.1, 0.15) is 11.1 Å². The van der Waals surface area contributed by atoms with Gasteiger partial charge >= 0.3 is 0 Å². The van der Waals surface area contributed by atoms with E-state index in [2.05, 4.69) is 47.4 Å². The van der Waals surface area contributed by atoms with Crippen LogP contribution in [0, 0.1) is 5.92 Å². The van der Waals surface area contributed by atoms with E-state index in [0.29, 0.717) is 0 Å². The average Bonchev–Trinajstić information content (AvgIpc) is 3.00. The molecule has 23 heavy (non-hydrogen) atoms. The lowest BCUT2D eigenvalue weighted by Crippen LogP contribution is -2.35. The van der Waals surface area contributed by atoms with Crippen molar-refractivity contribution in [3.05, 3.63) is 29.3 Å². The van der Waals surface area contributed by atoms with Gasteiger partial charge in [-0.15, -0.1) is 11.3 Å². The number of piperidine rings is 1. The first-order valence-corrected chi connectivity index (χ1v) is 9.40. The zero-order valence-corrected chi connectivity index (χ0v) is 14.9. The average molecular weight is 334 g/mol. The zero-order valence-electron chi connectivity index (χ0n) is 14.1. The highest BCUT2D eigenvalue weighted by Gasteiger charge is 2.22. The van der Waals surface area contributed by atoms with Gasteiger partial charge in [-0.2, -0.15) is 0 Å².